The highest BCUT2D eigenvalue weighted by Crippen LogP contribution is 2.22. The van der Waals surface area contributed by atoms with E-state index in [1.54, 1.807) is 6.07 Å². The molecule has 0 unspecified atom stereocenters. The monoisotopic (exact) mass is 346 g/mol. The molecule has 0 radical (unpaired) electrons. The number of aliphatic carboxylic acids is 1. The van der Waals surface area contributed by atoms with Gasteiger partial charge in [-0.2, -0.15) is 0 Å². The largest absolute Gasteiger partial charge is 0.480 e. The average molecular weight is 346 g/mol. The van der Waals surface area contributed by atoms with Crippen LogP contribution in [0.5, 0.6) is 0 Å². The Morgan fingerprint density at radius 2 is 1.80 bits per heavy atom. The number of aryl methyl sites for hydroxylation is 2. The lowest BCUT2D eigenvalue weighted by Gasteiger charge is -2.17. The van der Waals surface area contributed by atoms with Gasteiger partial charge in [-0.25, -0.2) is 4.79 Å². The molecule has 1 aliphatic rings. The Labute approximate surface area is 148 Å². The standard InChI is InChI=1S/C19H26N2O4/c1-12(2)9-16(19(24)25)21-17(22)11-20-18(23)15-8-7-13-5-3-4-6-14(13)10-15/h7-8,10,12,16H,3-6,9,11H2,1-2H3,(H,20,23)(H,21,22)(H,24,25)/t16-/m0/s1. The number of amides is 2. The van der Waals surface area contributed by atoms with Gasteiger partial charge < -0.3 is 15.7 Å². The molecule has 2 amide bonds. The molecular formula is C19H26N2O4. The van der Waals surface area contributed by atoms with Gasteiger partial charge in [-0.15, -0.1) is 0 Å². The van der Waals surface area contributed by atoms with E-state index in [4.69, 9.17) is 5.11 Å². The van der Waals surface area contributed by atoms with Crippen LogP contribution in [0.3, 0.4) is 0 Å². The zero-order valence-corrected chi connectivity index (χ0v) is 14.8. The molecule has 25 heavy (non-hydrogen) atoms. The van der Waals surface area contributed by atoms with Gasteiger partial charge in [0.1, 0.15) is 6.04 Å². The molecule has 136 valence electrons. The summed E-state index contributed by atoms with van der Waals surface area (Å²) in [7, 11) is 0. The SMILES string of the molecule is CC(C)C[C@H](NC(=O)CNC(=O)c1ccc2c(c1)CCCC2)C(=O)O. The Morgan fingerprint density at radius 1 is 1.12 bits per heavy atom. The van der Waals surface area contributed by atoms with E-state index in [9.17, 15) is 14.4 Å². The maximum Gasteiger partial charge on any atom is 0.326 e. The van der Waals surface area contributed by atoms with E-state index < -0.39 is 17.9 Å². The van der Waals surface area contributed by atoms with Gasteiger partial charge in [0.05, 0.1) is 6.54 Å². The lowest BCUT2D eigenvalue weighted by atomic mass is 9.90. The maximum absolute atomic E-state index is 12.2. The summed E-state index contributed by atoms with van der Waals surface area (Å²) in [6.07, 6.45) is 4.69. The van der Waals surface area contributed by atoms with Crippen molar-refractivity contribution in [1.29, 1.82) is 0 Å². The van der Waals surface area contributed by atoms with E-state index in [1.165, 1.54) is 17.5 Å². The molecule has 3 N–H and O–H groups in total. The number of hydrogen-bond donors (Lipinski definition) is 3. The quantitative estimate of drug-likeness (QED) is 0.703. The molecule has 1 aromatic rings. The number of hydrogen-bond acceptors (Lipinski definition) is 3. The van der Waals surface area contributed by atoms with Crippen LogP contribution in [-0.2, 0) is 22.4 Å². The second kappa shape index (κ2) is 8.65. The van der Waals surface area contributed by atoms with Gasteiger partial charge in [0, 0.05) is 5.56 Å². The number of carboxylic acids is 1. The third-order valence-electron chi connectivity index (χ3n) is 4.36. The Kier molecular flexibility index (Phi) is 6.56. The molecule has 6 heteroatoms. The van der Waals surface area contributed by atoms with Crippen LogP contribution < -0.4 is 10.6 Å². The van der Waals surface area contributed by atoms with E-state index in [-0.39, 0.29) is 18.4 Å². The molecule has 0 spiro atoms. The summed E-state index contributed by atoms with van der Waals surface area (Å²) in [5.74, 6) is -1.74. The Bertz CT molecular complexity index is 655. The molecule has 0 bridgehead atoms. The summed E-state index contributed by atoms with van der Waals surface area (Å²) < 4.78 is 0. The number of nitrogens with one attached hydrogen (secondary N) is 2. The van der Waals surface area contributed by atoms with Gasteiger partial charge >= 0.3 is 5.97 Å². The summed E-state index contributed by atoms with van der Waals surface area (Å²) in [5.41, 5.74) is 3.02. The molecule has 0 heterocycles. The molecule has 0 aliphatic heterocycles. The predicted molar refractivity (Wildman–Crippen MR) is 94.4 cm³/mol. The first-order valence-electron chi connectivity index (χ1n) is 8.79. The van der Waals surface area contributed by atoms with Crippen molar-refractivity contribution in [3.05, 3.63) is 34.9 Å². The minimum Gasteiger partial charge on any atom is -0.480 e. The smallest absolute Gasteiger partial charge is 0.326 e. The van der Waals surface area contributed by atoms with Crippen molar-refractivity contribution in [3.8, 4) is 0 Å². The van der Waals surface area contributed by atoms with Crippen molar-refractivity contribution in [1.82, 2.24) is 10.6 Å². The van der Waals surface area contributed by atoms with Crippen LogP contribution in [0.1, 0.15) is 54.6 Å². The van der Waals surface area contributed by atoms with Gasteiger partial charge in [0.15, 0.2) is 0 Å². The average Bonchev–Trinajstić information content (AvgIpc) is 2.58. The first-order valence-corrected chi connectivity index (χ1v) is 8.79. The minimum absolute atomic E-state index is 0.145. The van der Waals surface area contributed by atoms with E-state index >= 15 is 0 Å². The molecule has 0 aromatic heterocycles. The van der Waals surface area contributed by atoms with Crippen molar-refractivity contribution in [2.75, 3.05) is 6.54 Å². The molecule has 1 aliphatic carbocycles. The Hall–Kier alpha value is -2.37. The molecule has 0 saturated heterocycles. The fourth-order valence-corrected chi connectivity index (χ4v) is 3.08. The summed E-state index contributed by atoms with van der Waals surface area (Å²) >= 11 is 0. The highest BCUT2D eigenvalue weighted by atomic mass is 16.4. The van der Waals surface area contributed by atoms with Crippen LogP contribution in [0.4, 0.5) is 0 Å². The van der Waals surface area contributed by atoms with E-state index in [0.717, 1.165) is 19.3 Å². The number of rotatable bonds is 7. The summed E-state index contributed by atoms with van der Waals surface area (Å²) in [6, 6.07) is 4.71. The zero-order chi connectivity index (χ0) is 18.4. The number of benzene rings is 1. The highest BCUT2D eigenvalue weighted by Gasteiger charge is 2.21. The molecule has 1 atom stereocenters. The fourth-order valence-electron chi connectivity index (χ4n) is 3.08. The lowest BCUT2D eigenvalue weighted by Crippen LogP contribution is -2.46. The van der Waals surface area contributed by atoms with Crippen LogP contribution in [-0.4, -0.2) is 35.5 Å². The molecule has 1 aromatic carbocycles. The van der Waals surface area contributed by atoms with Gasteiger partial charge in [0.2, 0.25) is 5.91 Å². The summed E-state index contributed by atoms with van der Waals surface area (Å²) in [5, 5.41) is 14.1. The lowest BCUT2D eigenvalue weighted by molar-refractivity contribution is -0.142. The van der Waals surface area contributed by atoms with Gasteiger partial charge in [-0.05, 0) is 61.3 Å². The van der Waals surface area contributed by atoms with Crippen molar-refractivity contribution in [2.45, 2.75) is 52.0 Å². The molecule has 0 saturated carbocycles. The van der Waals surface area contributed by atoms with Crippen LogP contribution >= 0.6 is 0 Å². The van der Waals surface area contributed by atoms with Crippen molar-refractivity contribution in [3.63, 3.8) is 0 Å². The normalized spacial score (nSPS) is 14.5. The van der Waals surface area contributed by atoms with E-state index in [1.807, 2.05) is 26.0 Å². The zero-order valence-electron chi connectivity index (χ0n) is 14.8. The maximum atomic E-state index is 12.2. The van der Waals surface area contributed by atoms with Crippen LogP contribution in [0, 0.1) is 5.92 Å². The number of carboxylic acid groups (broad SMARTS) is 1. The van der Waals surface area contributed by atoms with Crippen LogP contribution in [0.25, 0.3) is 0 Å². The van der Waals surface area contributed by atoms with Crippen LogP contribution in [0.15, 0.2) is 18.2 Å². The van der Waals surface area contributed by atoms with E-state index in [2.05, 4.69) is 10.6 Å². The Morgan fingerprint density at radius 3 is 2.44 bits per heavy atom. The molecular weight excluding hydrogens is 320 g/mol. The van der Waals surface area contributed by atoms with Crippen LogP contribution in [0.2, 0.25) is 0 Å². The first-order chi connectivity index (χ1) is 11.9. The predicted octanol–water partition coefficient (Wildman–Crippen LogP) is 1.91. The third kappa shape index (κ3) is 5.59. The highest BCUT2D eigenvalue weighted by molar-refractivity contribution is 5.97. The van der Waals surface area contributed by atoms with Crippen molar-refractivity contribution < 1.29 is 19.5 Å². The fraction of sp³-hybridized carbons (Fsp3) is 0.526. The third-order valence-corrected chi connectivity index (χ3v) is 4.36. The molecule has 0 fully saturated rings. The van der Waals surface area contributed by atoms with Gasteiger partial charge in [-0.1, -0.05) is 19.9 Å². The van der Waals surface area contributed by atoms with Crippen molar-refractivity contribution >= 4 is 17.8 Å². The number of carbonyl (C=O) groups excluding carboxylic acids is 2. The van der Waals surface area contributed by atoms with Gasteiger partial charge in [0.25, 0.3) is 5.91 Å². The number of carbonyl (C=O) groups is 3. The summed E-state index contributed by atoms with van der Waals surface area (Å²) in [6.45, 7) is 3.54. The second-order valence-electron chi connectivity index (χ2n) is 6.96. The first kappa shape index (κ1) is 19.0. The summed E-state index contributed by atoms with van der Waals surface area (Å²) in [4.78, 5) is 35.3. The second-order valence-corrected chi connectivity index (χ2v) is 6.96. The van der Waals surface area contributed by atoms with Crippen molar-refractivity contribution in [2.24, 2.45) is 5.92 Å². The van der Waals surface area contributed by atoms with Gasteiger partial charge in [-0.3, -0.25) is 9.59 Å². The van der Waals surface area contributed by atoms with E-state index in [0.29, 0.717) is 12.0 Å². The minimum atomic E-state index is -1.07. The molecule has 2 rings (SSSR count). The Balaban J connectivity index is 1.88. The topological polar surface area (TPSA) is 95.5 Å². The number of fused-ring (bicyclic) bond motifs is 1. The molecule has 6 nitrogen and oxygen atoms in total.